The molecule has 1 unspecified atom stereocenters. The molecule has 2 heterocycles. The lowest BCUT2D eigenvalue weighted by atomic mass is 10.1. The van der Waals surface area contributed by atoms with Crippen molar-refractivity contribution in [2.75, 3.05) is 6.54 Å². The zero-order chi connectivity index (χ0) is 18.6. The van der Waals surface area contributed by atoms with E-state index in [0.29, 0.717) is 36.1 Å². The molecule has 4 rings (SSSR count). The number of nitrogens with one attached hydrogen (secondary N) is 1. The molecule has 1 atom stereocenters. The topological polar surface area (TPSA) is 64.4 Å². The van der Waals surface area contributed by atoms with Crippen LogP contribution in [-0.2, 0) is 17.6 Å². The van der Waals surface area contributed by atoms with Crippen LogP contribution in [0.4, 0.5) is 0 Å². The lowest BCUT2D eigenvalue weighted by molar-refractivity contribution is -0.121. The van der Waals surface area contributed by atoms with Gasteiger partial charge in [-0.25, -0.2) is 4.98 Å². The Bertz CT molecular complexity index is 929. The summed E-state index contributed by atoms with van der Waals surface area (Å²) in [6.45, 7) is 0.490. The quantitative estimate of drug-likeness (QED) is 0.698. The Hall–Kier alpha value is -2.79. The highest BCUT2D eigenvalue weighted by Crippen LogP contribution is 2.29. The molecular formula is C21H19ClN2O3. The number of fused-ring (bicyclic) bond motifs is 1. The number of ether oxygens (including phenoxy) is 1. The number of hydrogen-bond acceptors (Lipinski definition) is 4. The van der Waals surface area contributed by atoms with Gasteiger partial charge in [0.25, 0.3) is 0 Å². The summed E-state index contributed by atoms with van der Waals surface area (Å²) in [5.74, 6) is 1.98. The summed E-state index contributed by atoms with van der Waals surface area (Å²) in [4.78, 5) is 16.4. The summed E-state index contributed by atoms with van der Waals surface area (Å²) >= 11 is 6.17. The second kappa shape index (κ2) is 7.84. The van der Waals surface area contributed by atoms with E-state index < -0.39 is 0 Å². The Kier molecular flexibility index (Phi) is 5.12. The summed E-state index contributed by atoms with van der Waals surface area (Å²) in [5.41, 5.74) is 1.98. The van der Waals surface area contributed by atoms with E-state index in [2.05, 4.69) is 16.4 Å². The third kappa shape index (κ3) is 4.14. The number of nitrogens with zero attached hydrogens (tertiary/aromatic N) is 1. The fraction of sp³-hybridized carbons (Fsp3) is 0.238. The molecule has 0 bridgehead atoms. The molecule has 1 N–H and O–H groups in total. The van der Waals surface area contributed by atoms with Gasteiger partial charge in [0.05, 0.1) is 17.8 Å². The van der Waals surface area contributed by atoms with Crippen molar-refractivity contribution in [3.63, 3.8) is 0 Å². The van der Waals surface area contributed by atoms with Crippen molar-refractivity contribution in [3.8, 4) is 17.1 Å². The first-order chi connectivity index (χ1) is 13.2. The van der Waals surface area contributed by atoms with Crippen molar-refractivity contribution in [2.45, 2.75) is 25.4 Å². The molecule has 6 heteroatoms. The molecular weight excluding hydrogens is 364 g/mol. The second-order valence-electron chi connectivity index (χ2n) is 6.45. The van der Waals surface area contributed by atoms with Crippen molar-refractivity contribution >= 4 is 17.5 Å². The van der Waals surface area contributed by atoms with E-state index in [1.165, 1.54) is 5.56 Å². The SMILES string of the molecule is O=C(CCc1ncc(-c2ccccc2Cl)o1)NCC1Cc2ccccc2O1. The molecule has 0 spiro atoms. The van der Waals surface area contributed by atoms with Gasteiger partial charge in [0.2, 0.25) is 5.91 Å². The number of aromatic nitrogens is 1. The molecule has 0 fully saturated rings. The number of rotatable bonds is 6. The van der Waals surface area contributed by atoms with E-state index in [1.807, 2.05) is 36.4 Å². The first-order valence-corrected chi connectivity index (χ1v) is 9.28. The molecule has 1 aliphatic rings. The Morgan fingerprint density at radius 3 is 2.85 bits per heavy atom. The number of halogens is 1. The van der Waals surface area contributed by atoms with Crippen LogP contribution in [0.1, 0.15) is 17.9 Å². The molecule has 0 radical (unpaired) electrons. The van der Waals surface area contributed by atoms with Crippen molar-refractivity contribution in [1.82, 2.24) is 10.3 Å². The average Bonchev–Trinajstić information content (AvgIpc) is 3.31. The smallest absolute Gasteiger partial charge is 0.220 e. The normalized spacial score (nSPS) is 15.2. The van der Waals surface area contributed by atoms with Crippen molar-refractivity contribution in [3.05, 3.63) is 71.2 Å². The van der Waals surface area contributed by atoms with E-state index >= 15 is 0 Å². The predicted molar refractivity (Wildman–Crippen MR) is 103 cm³/mol. The number of oxazole rings is 1. The van der Waals surface area contributed by atoms with Gasteiger partial charge in [-0.15, -0.1) is 0 Å². The monoisotopic (exact) mass is 382 g/mol. The minimum absolute atomic E-state index is 0.0140. The van der Waals surface area contributed by atoms with Gasteiger partial charge in [0.15, 0.2) is 11.7 Å². The molecule has 1 aromatic heterocycles. The van der Waals surface area contributed by atoms with Gasteiger partial charge in [0, 0.05) is 24.8 Å². The largest absolute Gasteiger partial charge is 0.488 e. The number of amides is 1. The fourth-order valence-electron chi connectivity index (χ4n) is 3.12. The number of aryl methyl sites for hydroxylation is 1. The summed E-state index contributed by atoms with van der Waals surface area (Å²) in [6.07, 6.45) is 3.18. The van der Waals surface area contributed by atoms with Crippen LogP contribution in [0.25, 0.3) is 11.3 Å². The van der Waals surface area contributed by atoms with Gasteiger partial charge in [-0.2, -0.15) is 0 Å². The first-order valence-electron chi connectivity index (χ1n) is 8.90. The Labute approximate surface area is 162 Å². The molecule has 3 aromatic rings. The van der Waals surface area contributed by atoms with E-state index in [0.717, 1.165) is 17.7 Å². The molecule has 1 aliphatic heterocycles. The van der Waals surface area contributed by atoms with Crippen molar-refractivity contribution in [1.29, 1.82) is 0 Å². The maximum Gasteiger partial charge on any atom is 0.220 e. The van der Waals surface area contributed by atoms with Crippen LogP contribution in [0.15, 0.2) is 59.1 Å². The van der Waals surface area contributed by atoms with Crippen LogP contribution in [0, 0.1) is 0 Å². The van der Waals surface area contributed by atoms with Gasteiger partial charge in [-0.05, 0) is 23.8 Å². The summed E-state index contributed by atoms with van der Waals surface area (Å²) in [5, 5.41) is 3.53. The highest BCUT2D eigenvalue weighted by atomic mass is 35.5. The lowest BCUT2D eigenvalue weighted by Crippen LogP contribution is -2.34. The fourth-order valence-corrected chi connectivity index (χ4v) is 3.34. The summed E-state index contributed by atoms with van der Waals surface area (Å²) < 4.78 is 11.5. The predicted octanol–water partition coefficient (Wildman–Crippen LogP) is 4.05. The van der Waals surface area contributed by atoms with E-state index in [9.17, 15) is 4.79 Å². The van der Waals surface area contributed by atoms with Crippen LogP contribution in [0.3, 0.4) is 0 Å². The Balaban J connectivity index is 1.25. The standard InChI is InChI=1S/C21H19ClN2O3/c22-17-7-3-2-6-16(17)19-13-24-21(27-19)10-9-20(25)23-12-15-11-14-5-1-4-8-18(14)26-15/h1-8,13,15H,9-12H2,(H,23,25). The number of carbonyl (C=O) groups excluding carboxylic acids is 1. The minimum Gasteiger partial charge on any atom is -0.488 e. The van der Waals surface area contributed by atoms with Gasteiger partial charge in [-0.1, -0.05) is 41.9 Å². The molecule has 2 aromatic carbocycles. The molecule has 0 saturated heterocycles. The zero-order valence-electron chi connectivity index (χ0n) is 14.7. The van der Waals surface area contributed by atoms with Gasteiger partial charge >= 0.3 is 0 Å². The molecule has 1 amide bonds. The Morgan fingerprint density at radius 1 is 1.19 bits per heavy atom. The highest BCUT2D eigenvalue weighted by Gasteiger charge is 2.22. The highest BCUT2D eigenvalue weighted by molar-refractivity contribution is 6.33. The molecule has 0 aliphatic carbocycles. The van der Waals surface area contributed by atoms with Crippen LogP contribution in [-0.4, -0.2) is 23.5 Å². The molecule has 138 valence electrons. The van der Waals surface area contributed by atoms with Crippen molar-refractivity contribution < 1.29 is 13.9 Å². The minimum atomic E-state index is -0.0490. The van der Waals surface area contributed by atoms with Gasteiger partial charge in [-0.3, -0.25) is 4.79 Å². The Morgan fingerprint density at radius 2 is 2.00 bits per heavy atom. The third-order valence-corrected chi connectivity index (χ3v) is 4.83. The number of carbonyl (C=O) groups is 1. The van der Waals surface area contributed by atoms with Crippen LogP contribution >= 0.6 is 11.6 Å². The first kappa shape index (κ1) is 17.6. The number of benzene rings is 2. The zero-order valence-corrected chi connectivity index (χ0v) is 15.4. The lowest BCUT2D eigenvalue weighted by Gasteiger charge is -2.11. The average molecular weight is 383 g/mol. The molecule has 0 saturated carbocycles. The van der Waals surface area contributed by atoms with Crippen LogP contribution in [0.5, 0.6) is 5.75 Å². The summed E-state index contributed by atoms with van der Waals surface area (Å²) in [6, 6.07) is 15.4. The number of para-hydroxylation sites is 1. The summed E-state index contributed by atoms with van der Waals surface area (Å²) in [7, 11) is 0. The van der Waals surface area contributed by atoms with E-state index in [1.54, 1.807) is 12.3 Å². The third-order valence-electron chi connectivity index (χ3n) is 4.50. The maximum atomic E-state index is 12.1. The van der Waals surface area contributed by atoms with Gasteiger partial charge in [0.1, 0.15) is 11.9 Å². The second-order valence-corrected chi connectivity index (χ2v) is 6.86. The number of hydrogen-bond donors (Lipinski definition) is 1. The van der Waals surface area contributed by atoms with Crippen molar-refractivity contribution in [2.24, 2.45) is 0 Å². The molecule has 5 nitrogen and oxygen atoms in total. The van der Waals surface area contributed by atoms with Gasteiger partial charge < -0.3 is 14.5 Å². The van der Waals surface area contributed by atoms with E-state index in [4.69, 9.17) is 20.8 Å². The van der Waals surface area contributed by atoms with Crippen LogP contribution < -0.4 is 10.1 Å². The van der Waals surface area contributed by atoms with Crippen LogP contribution in [0.2, 0.25) is 5.02 Å². The molecule has 27 heavy (non-hydrogen) atoms. The maximum absolute atomic E-state index is 12.1. The van der Waals surface area contributed by atoms with E-state index in [-0.39, 0.29) is 12.0 Å².